The van der Waals surface area contributed by atoms with Crippen LogP contribution < -0.4 is 21.3 Å². The Bertz CT molecular complexity index is 915. The highest BCUT2D eigenvalue weighted by Crippen LogP contribution is 2.15. The average Bonchev–Trinajstić information content (AvgIpc) is 2.47. The molecule has 8 nitrogen and oxygen atoms in total. The van der Waals surface area contributed by atoms with Crippen molar-refractivity contribution < 1.29 is 8.42 Å². The molecule has 0 spiro atoms. The van der Waals surface area contributed by atoms with Gasteiger partial charge in [0.25, 0.3) is 5.56 Å². The second kappa shape index (κ2) is 6.83. The first kappa shape index (κ1) is 17.7. The molecule has 1 aromatic heterocycles. The van der Waals surface area contributed by atoms with Crippen molar-refractivity contribution in [2.75, 3.05) is 13.1 Å². The summed E-state index contributed by atoms with van der Waals surface area (Å²) in [5, 5.41) is 3.26. The maximum absolute atomic E-state index is 12.4. The van der Waals surface area contributed by atoms with Crippen molar-refractivity contribution in [2.45, 2.75) is 23.8 Å². The van der Waals surface area contributed by atoms with Crippen LogP contribution in [0.1, 0.15) is 12.8 Å². The lowest BCUT2D eigenvalue weighted by Gasteiger charge is -2.23. The van der Waals surface area contributed by atoms with Crippen molar-refractivity contribution in [1.82, 2.24) is 20.0 Å². The Balaban J connectivity index is 0.00000192. The topological polar surface area (TPSA) is 124 Å². The van der Waals surface area contributed by atoms with Gasteiger partial charge in [-0.05, 0) is 37.6 Å². The van der Waals surface area contributed by atoms with Gasteiger partial charge in [0, 0.05) is 12.6 Å². The standard InChI is InChI=1S/C13H16N4O4S.ClH/c18-12-10-6-9(3-4-11(10)15-13(19)16-12)22(20,21)17-8-2-1-5-14-7-8;/h3-4,6,8,14,17H,1-2,5,7H2,(H2,15,16,18,19);1H. The zero-order valence-corrected chi connectivity index (χ0v) is 13.7. The Morgan fingerprint density at radius 2 is 1.96 bits per heavy atom. The van der Waals surface area contributed by atoms with Crippen LogP contribution in [0, 0.1) is 0 Å². The van der Waals surface area contributed by atoms with Crippen LogP contribution in [-0.4, -0.2) is 37.5 Å². The zero-order valence-electron chi connectivity index (χ0n) is 12.1. The van der Waals surface area contributed by atoms with Gasteiger partial charge in [-0.3, -0.25) is 9.78 Å². The average molecular weight is 361 g/mol. The summed E-state index contributed by atoms with van der Waals surface area (Å²) in [5.74, 6) is 0. The number of H-pyrrole nitrogens is 2. The molecule has 1 aliphatic rings. The van der Waals surface area contributed by atoms with Crippen LogP contribution in [0.15, 0.2) is 32.7 Å². The molecule has 1 unspecified atom stereocenters. The number of nitrogens with one attached hydrogen (secondary N) is 4. The number of benzene rings is 1. The molecule has 23 heavy (non-hydrogen) atoms. The summed E-state index contributed by atoms with van der Waals surface area (Å²) in [6.07, 6.45) is 1.68. The molecule has 126 valence electrons. The highest BCUT2D eigenvalue weighted by atomic mass is 35.5. The minimum Gasteiger partial charge on any atom is -0.315 e. The Morgan fingerprint density at radius 3 is 2.65 bits per heavy atom. The van der Waals surface area contributed by atoms with Gasteiger partial charge in [-0.15, -0.1) is 12.4 Å². The maximum atomic E-state index is 12.4. The molecule has 1 atom stereocenters. The lowest BCUT2D eigenvalue weighted by Crippen LogP contribution is -2.45. The molecule has 3 rings (SSSR count). The van der Waals surface area contributed by atoms with E-state index in [9.17, 15) is 18.0 Å². The van der Waals surface area contributed by atoms with Gasteiger partial charge in [0.2, 0.25) is 10.0 Å². The quantitative estimate of drug-likeness (QED) is 0.596. The monoisotopic (exact) mass is 360 g/mol. The van der Waals surface area contributed by atoms with Crippen molar-refractivity contribution in [2.24, 2.45) is 0 Å². The number of sulfonamides is 1. The fraction of sp³-hybridized carbons (Fsp3) is 0.385. The zero-order chi connectivity index (χ0) is 15.7. The molecule has 0 bridgehead atoms. The summed E-state index contributed by atoms with van der Waals surface area (Å²) in [4.78, 5) is 27.5. The molecular weight excluding hydrogens is 344 g/mol. The van der Waals surface area contributed by atoms with Gasteiger partial charge in [0.1, 0.15) is 0 Å². The first-order valence-corrected chi connectivity index (χ1v) is 8.43. The van der Waals surface area contributed by atoms with E-state index in [1.54, 1.807) is 0 Å². The number of aromatic nitrogens is 2. The number of rotatable bonds is 3. The van der Waals surface area contributed by atoms with Gasteiger partial charge in [-0.1, -0.05) is 0 Å². The Morgan fingerprint density at radius 1 is 1.17 bits per heavy atom. The number of aromatic amines is 2. The fourth-order valence-electron chi connectivity index (χ4n) is 2.55. The molecule has 0 saturated carbocycles. The summed E-state index contributed by atoms with van der Waals surface area (Å²) in [5.41, 5.74) is -0.943. The normalized spacial score (nSPS) is 18.5. The Labute approximate surface area is 138 Å². The summed E-state index contributed by atoms with van der Waals surface area (Å²) in [6, 6.07) is 3.89. The predicted molar refractivity (Wildman–Crippen MR) is 88.7 cm³/mol. The Hall–Kier alpha value is -1.68. The van der Waals surface area contributed by atoms with Gasteiger partial charge in [-0.25, -0.2) is 17.9 Å². The van der Waals surface area contributed by atoms with Gasteiger partial charge >= 0.3 is 5.69 Å². The number of hydrogen-bond donors (Lipinski definition) is 4. The first-order valence-electron chi connectivity index (χ1n) is 6.95. The van der Waals surface area contributed by atoms with Crippen LogP contribution in [0.3, 0.4) is 0 Å². The van der Waals surface area contributed by atoms with E-state index in [-0.39, 0.29) is 28.7 Å². The highest BCUT2D eigenvalue weighted by molar-refractivity contribution is 7.89. The molecule has 10 heteroatoms. The molecule has 1 fully saturated rings. The number of fused-ring (bicyclic) bond motifs is 1. The van der Waals surface area contributed by atoms with Gasteiger partial charge in [0.15, 0.2) is 0 Å². The third-order valence-electron chi connectivity index (χ3n) is 3.64. The van der Waals surface area contributed by atoms with Crippen LogP contribution in [0.25, 0.3) is 10.9 Å². The third-order valence-corrected chi connectivity index (χ3v) is 5.16. The molecule has 2 aromatic rings. The van der Waals surface area contributed by atoms with E-state index >= 15 is 0 Å². The van der Waals surface area contributed by atoms with Gasteiger partial charge in [-0.2, -0.15) is 0 Å². The van der Waals surface area contributed by atoms with Crippen LogP contribution in [0.2, 0.25) is 0 Å². The van der Waals surface area contributed by atoms with Crippen LogP contribution >= 0.6 is 12.4 Å². The van der Waals surface area contributed by atoms with Crippen LogP contribution in [0.5, 0.6) is 0 Å². The molecular formula is C13H17ClN4O4S. The number of halogens is 1. The maximum Gasteiger partial charge on any atom is 0.326 e. The Kier molecular flexibility index (Phi) is 5.25. The molecule has 1 saturated heterocycles. The summed E-state index contributed by atoms with van der Waals surface area (Å²) < 4.78 is 27.4. The lowest BCUT2D eigenvalue weighted by atomic mass is 10.1. The SMILES string of the molecule is Cl.O=c1[nH]c(=O)c2cc(S(=O)(=O)NC3CCCNC3)ccc2[nH]1. The van der Waals surface area contributed by atoms with E-state index in [1.165, 1.54) is 18.2 Å². The predicted octanol–water partition coefficient (Wildman–Crippen LogP) is -0.331. The van der Waals surface area contributed by atoms with E-state index < -0.39 is 21.3 Å². The van der Waals surface area contributed by atoms with E-state index in [1.807, 2.05) is 0 Å². The van der Waals surface area contributed by atoms with Crippen molar-refractivity contribution in [3.63, 3.8) is 0 Å². The molecule has 1 aromatic carbocycles. The highest BCUT2D eigenvalue weighted by Gasteiger charge is 2.22. The van der Waals surface area contributed by atoms with Crippen molar-refractivity contribution in [1.29, 1.82) is 0 Å². The number of hydrogen-bond acceptors (Lipinski definition) is 5. The van der Waals surface area contributed by atoms with Crippen molar-refractivity contribution in [3.05, 3.63) is 39.0 Å². The lowest BCUT2D eigenvalue weighted by molar-refractivity contribution is 0.428. The van der Waals surface area contributed by atoms with Crippen molar-refractivity contribution >= 4 is 33.3 Å². The third kappa shape index (κ3) is 3.81. The summed E-state index contributed by atoms with van der Waals surface area (Å²) in [7, 11) is -3.71. The van der Waals surface area contributed by atoms with Crippen LogP contribution in [0.4, 0.5) is 0 Å². The van der Waals surface area contributed by atoms with E-state index in [0.717, 1.165) is 19.4 Å². The molecule has 0 amide bonds. The molecule has 2 heterocycles. The van der Waals surface area contributed by atoms with E-state index in [4.69, 9.17) is 0 Å². The minimum atomic E-state index is -3.71. The second-order valence-electron chi connectivity index (χ2n) is 5.28. The van der Waals surface area contributed by atoms with E-state index in [2.05, 4.69) is 20.0 Å². The summed E-state index contributed by atoms with van der Waals surface area (Å²) in [6.45, 7) is 1.47. The second-order valence-corrected chi connectivity index (χ2v) is 6.99. The molecule has 0 aliphatic carbocycles. The minimum absolute atomic E-state index is 0. The van der Waals surface area contributed by atoms with E-state index in [0.29, 0.717) is 12.1 Å². The largest absolute Gasteiger partial charge is 0.326 e. The van der Waals surface area contributed by atoms with Crippen molar-refractivity contribution in [3.8, 4) is 0 Å². The molecule has 4 N–H and O–H groups in total. The van der Waals surface area contributed by atoms with Gasteiger partial charge in [0.05, 0.1) is 15.8 Å². The molecule has 0 radical (unpaired) electrons. The first-order chi connectivity index (χ1) is 10.5. The van der Waals surface area contributed by atoms with Crippen LogP contribution in [-0.2, 0) is 10.0 Å². The summed E-state index contributed by atoms with van der Waals surface area (Å²) >= 11 is 0. The van der Waals surface area contributed by atoms with Gasteiger partial charge < -0.3 is 10.3 Å². The number of piperidine rings is 1. The fourth-order valence-corrected chi connectivity index (χ4v) is 3.85. The smallest absolute Gasteiger partial charge is 0.315 e. The molecule has 1 aliphatic heterocycles.